The van der Waals surface area contributed by atoms with E-state index in [9.17, 15) is 13.2 Å². The van der Waals surface area contributed by atoms with Crippen LogP contribution in [-0.4, -0.2) is 37.6 Å². The van der Waals surface area contributed by atoms with E-state index < -0.39 is 15.1 Å². The molecule has 0 saturated carbocycles. The molecule has 1 atom stereocenters. The van der Waals surface area contributed by atoms with Crippen LogP contribution in [0.25, 0.3) is 0 Å². The summed E-state index contributed by atoms with van der Waals surface area (Å²) >= 11 is 0. The minimum atomic E-state index is -3.58. The van der Waals surface area contributed by atoms with Crippen LogP contribution in [0.1, 0.15) is 26.2 Å². The Balaban J connectivity index is 2.18. The van der Waals surface area contributed by atoms with Gasteiger partial charge in [0.05, 0.1) is 4.90 Å². The van der Waals surface area contributed by atoms with Gasteiger partial charge in [-0.3, -0.25) is 4.79 Å². The first kappa shape index (κ1) is 14.1. The van der Waals surface area contributed by atoms with Crippen LogP contribution in [0.15, 0.2) is 35.2 Å². The first-order chi connectivity index (χ1) is 9.03. The van der Waals surface area contributed by atoms with Crippen LogP contribution in [0.5, 0.6) is 0 Å². The van der Waals surface area contributed by atoms with Gasteiger partial charge in [0.1, 0.15) is 5.25 Å². The number of carbonyl (C=O) groups excluding carboxylic acids is 1. The highest BCUT2D eigenvalue weighted by atomic mass is 32.2. The Labute approximate surface area is 114 Å². The number of rotatable bonds is 3. The number of sulfone groups is 1. The van der Waals surface area contributed by atoms with Crippen LogP contribution in [0.3, 0.4) is 0 Å². The zero-order valence-corrected chi connectivity index (χ0v) is 11.9. The van der Waals surface area contributed by atoms with Gasteiger partial charge < -0.3 is 4.90 Å². The maximum Gasteiger partial charge on any atom is 0.241 e. The fourth-order valence-corrected chi connectivity index (χ4v) is 3.68. The van der Waals surface area contributed by atoms with Crippen LogP contribution < -0.4 is 0 Å². The summed E-state index contributed by atoms with van der Waals surface area (Å²) in [6, 6.07) is 8.18. The van der Waals surface area contributed by atoms with Gasteiger partial charge in [0, 0.05) is 13.1 Å². The molecule has 0 aliphatic carbocycles. The third kappa shape index (κ3) is 2.97. The van der Waals surface area contributed by atoms with Crippen molar-refractivity contribution in [3.8, 4) is 0 Å². The number of nitrogens with zero attached hydrogens (tertiary/aromatic N) is 1. The predicted molar refractivity (Wildman–Crippen MR) is 73.5 cm³/mol. The zero-order valence-electron chi connectivity index (χ0n) is 11.1. The number of hydrogen-bond acceptors (Lipinski definition) is 3. The van der Waals surface area contributed by atoms with Gasteiger partial charge in [-0.15, -0.1) is 0 Å². The van der Waals surface area contributed by atoms with Gasteiger partial charge in [-0.05, 0) is 38.3 Å². The maximum atomic E-state index is 12.4. The second kappa shape index (κ2) is 5.74. The molecule has 0 bridgehead atoms. The molecule has 1 aliphatic rings. The molecule has 4 nitrogen and oxygen atoms in total. The first-order valence-electron chi connectivity index (χ1n) is 6.61. The maximum absolute atomic E-state index is 12.4. The van der Waals surface area contributed by atoms with Crippen LogP contribution >= 0.6 is 0 Å². The molecule has 0 N–H and O–H groups in total. The van der Waals surface area contributed by atoms with E-state index in [0.717, 1.165) is 19.3 Å². The summed E-state index contributed by atoms with van der Waals surface area (Å²) in [6.45, 7) is 2.83. The van der Waals surface area contributed by atoms with Gasteiger partial charge in [-0.2, -0.15) is 0 Å². The molecule has 1 heterocycles. The molecule has 1 aromatic carbocycles. The second-order valence-electron chi connectivity index (χ2n) is 4.89. The van der Waals surface area contributed by atoms with Gasteiger partial charge >= 0.3 is 0 Å². The number of piperidine rings is 1. The van der Waals surface area contributed by atoms with Crippen LogP contribution in [-0.2, 0) is 14.6 Å². The number of carbonyl (C=O) groups is 1. The molecule has 5 heteroatoms. The van der Waals surface area contributed by atoms with Crippen molar-refractivity contribution in [1.82, 2.24) is 4.90 Å². The summed E-state index contributed by atoms with van der Waals surface area (Å²) in [6.07, 6.45) is 3.04. The number of likely N-dealkylation sites (tertiary alicyclic amines) is 1. The summed E-state index contributed by atoms with van der Waals surface area (Å²) in [7, 11) is -3.58. The molecule has 1 aliphatic heterocycles. The second-order valence-corrected chi connectivity index (χ2v) is 7.15. The van der Waals surface area contributed by atoms with E-state index in [1.165, 1.54) is 19.1 Å². The van der Waals surface area contributed by atoms with E-state index in [-0.39, 0.29) is 10.8 Å². The number of benzene rings is 1. The topological polar surface area (TPSA) is 54.5 Å². The van der Waals surface area contributed by atoms with Crippen LogP contribution in [0, 0.1) is 0 Å². The largest absolute Gasteiger partial charge is 0.342 e. The highest BCUT2D eigenvalue weighted by molar-refractivity contribution is 7.92. The summed E-state index contributed by atoms with van der Waals surface area (Å²) in [5, 5.41) is -1.01. The molecule has 0 aromatic heterocycles. The molecule has 2 rings (SSSR count). The Morgan fingerprint density at radius 2 is 1.68 bits per heavy atom. The Bertz CT molecular complexity index is 533. The summed E-state index contributed by atoms with van der Waals surface area (Å²) in [4.78, 5) is 14.2. The molecule has 0 spiro atoms. The molecule has 1 saturated heterocycles. The van der Waals surface area contributed by atoms with Crippen molar-refractivity contribution >= 4 is 15.7 Å². The average Bonchev–Trinajstić information content (AvgIpc) is 2.47. The molecule has 19 heavy (non-hydrogen) atoms. The molecular formula is C14H19NO3S. The highest BCUT2D eigenvalue weighted by Gasteiger charge is 2.33. The lowest BCUT2D eigenvalue weighted by Gasteiger charge is -2.29. The van der Waals surface area contributed by atoms with E-state index >= 15 is 0 Å². The van der Waals surface area contributed by atoms with Crippen LogP contribution in [0.4, 0.5) is 0 Å². The Kier molecular flexibility index (Phi) is 4.24. The van der Waals surface area contributed by atoms with E-state index in [0.29, 0.717) is 13.1 Å². The molecule has 0 radical (unpaired) electrons. The van der Waals surface area contributed by atoms with Gasteiger partial charge in [-0.25, -0.2) is 8.42 Å². The Morgan fingerprint density at radius 1 is 1.11 bits per heavy atom. The highest BCUT2D eigenvalue weighted by Crippen LogP contribution is 2.19. The smallest absolute Gasteiger partial charge is 0.241 e. The van der Waals surface area contributed by atoms with Crippen molar-refractivity contribution in [3.05, 3.63) is 30.3 Å². The lowest BCUT2D eigenvalue weighted by atomic mass is 10.1. The summed E-state index contributed by atoms with van der Waals surface area (Å²) in [5.74, 6) is -0.274. The van der Waals surface area contributed by atoms with Crippen molar-refractivity contribution in [3.63, 3.8) is 0 Å². The zero-order chi connectivity index (χ0) is 13.9. The standard InChI is InChI=1S/C14H19NO3S/c1-12(14(16)15-10-6-3-7-11-15)19(17,18)13-8-4-2-5-9-13/h2,4-5,8-9,12H,3,6-7,10-11H2,1H3. The molecular weight excluding hydrogens is 262 g/mol. The minimum Gasteiger partial charge on any atom is -0.342 e. The molecule has 1 amide bonds. The average molecular weight is 281 g/mol. The first-order valence-corrected chi connectivity index (χ1v) is 8.16. The number of amides is 1. The van der Waals surface area contributed by atoms with E-state index in [4.69, 9.17) is 0 Å². The van der Waals surface area contributed by atoms with E-state index in [1.54, 1.807) is 23.1 Å². The Morgan fingerprint density at radius 3 is 2.26 bits per heavy atom. The molecule has 1 unspecified atom stereocenters. The van der Waals surface area contributed by atoms with Crippen molar-refractivity contribution in [1.29, 1.82) is 0 Å². The van der Waals surface area contributed by atoms with Crippen molar-refractivity contribution in [2.75, 3.05) is 13.1 Å². The predicted octanol–water partition coefficient (Wildman–Crippen LogP) is 1.86. The summed E-state index contributed by atoms with van der Waals surface area (Å²) in [5.41, 5.74) is 0. The molecule has 1 aromatic rings. The Hall–Kier alpha value is -1.36. The van der Waals surface area contributed by atoms with Crippen molar-refractivity contribution in [2.24, 2.45) is 0 Å². The molecule has 1 fully saturated rings. The lowest BCUT2D eigenvalue weighted by molar-refractivity contribution is -0.131. The van der Waals surface area contributed by atoms with Crippen molar-refractivity contribution < 1.29 is 13.2 Å². The quantitative estimate of drug-likeness (QED) is 0.850. The fraction of sp³-hybridized carbons (Fsp3) is 0.500. The lowest BCUT2D eigenvalue weighted by Crippen LogP contribution is -2.44. The monoisotopic (exact) mass is 281 g/mol. The van der Waals surface area contributed by atoms with E-state index in [1.807, 2.05) is 0 Å². The minimum absolute atomic E-state index is 0.216. The fourth-order valence-electron chi connectivity index (χ4n) is 2.32. The van der Waals surface area contributed by atoms with Crippen molar-refractivity contribution in [2.45, 2.75) is 36.3 Å². The third-order valence-electron chi connectivity index (χ3n) is 3.55. The van der Waals surface area contributed by atoms with Gasteiger partial charge in [0.2, 0.25) is 5.91 Å². The SMILES string of the molecule is CC(C(=O)N1CCCCC1)S(=O)(=O)c1ccccc1. The summed E-state index contributed by atoms with van der Waals surface area (Å²) < 4.78 is 24.7. The normalized spacial score (nSPS) is 18.1. The third-order valence-corrected chi connectivity index (χ3v) is 5.61. The van der Waals surface area contributed by atoms with E-state index in [2.05, 4.69) is 0 Å². The molecule has 104 valence electrons. The van der Waals surface area contributed by atoms with Crippen LogP contribution in [0.2, 0.25) is 0 Å². The van der Waals surface area contributed by atoms with Gasteiger partial charge in [0.25, 0.3) is 0 Å². The van der Waals surface area contributed by atoms with Gasteiger partial charge in [0.15, 0.2) is 9.84 Å². The number of hydrogen-bond donors (Lipinski definition) is 0. The van der Waals surface area contributed by atoms with Gasteiger partial charge in [-0.1, -0.05) is 18.2 Å².